The molecule has 280 valence electrons. The van der Waals surface area contributed by atoms with Crippen molar-refractivity contribution in [2.75, 3.05) is 0 Å². The Morgan fingerprint density at radius 3 is 2.48 bits per heavy atom. The first kappa shape index (κ1) is 36.0. The molecule has 0 spiro atoms. The summed E-state index contributed by atoms with van der Waals surface area (Å²) in [5.74, 6) is 3.03. The van der Waals surface area contributed by atoms with Crippen LogP contribution in [0.2, 0.25) is 0 Å². The summed E-state index contributed by atoms with van der Waals surface area (Å²) in [4.78, 5) is 41.1. The van der Waals surface area contributed by atoms with E-state index in [9.17, 15) is 39.9 Å². The Kier molecular flexibility index (Phi) is 9.37. The quantitative estimate of drug-likeness (QED) is 0.141. The number of aliphatic hydroxyl groups excluding tert-OH is 2. The van der Waals surface area contributed by atoms with Crippen molar-refractivity contribution in [1.29, 1.82) is 0 Å². The molecule has 3 aromatic rings. The molecule has 9 bridgehead atoms. The number of esters is 2. The summed E-state index contributed by atoms with van der Waals surface area (Å²) >= 11 is 0. The lowest BCUT2D eigenvalue weighted by Gasteiger charge is -2.42. The number of phenolic OH excluding ortho intramolecular Hbond substituents is 2. The molecule has 0 amide bonds. The smallest absolute Gasteiger partial charge is 0.334 e. The zero-order valence-corrected chi connectivity index (χ0v) is 30.1. The van der Waals surface area contributed by atoms with Crippen LogP contribution in [-0.2, 0) is 51.4 Å². The van der Waals surface area contributed by atoms with Crippen molar-refractivity contribution in [2.24, 2.45) is 11.8 Å². The van der Waals surface area contributed by atoms with Crippen molar-refractivity contribution in [1.82, 2.24) is 0 Å². The van der Waals surface area contributed by atoms with Gasteiger partial charge < -0.3 is 35.0 Å². The van der Waals surface area contributed by atoms with Crippen LogP contribution in [0.25, 0.3) is 0 Å². The van der Waals surface area contributed by atoms with E-state index in [4.69, 9.17) is 9.47 Å². The van der Waals surface area contributed by atoms with E-state index in [1.54, 1.807) is 19.1 Å². The second kappa shape index (κ2) is 14.0. The lowest BCUT2D eigenvalue weighted by atomic mass is 9.68. The number of aromatic hydroxyl groups is 2. The number of hydrogen-bond donors (Lipinski definition) is 5. The summed E-state index contributed by atoms with van der Waals surface area (Å²) < 4.78 is 12.0. The number of ketones is 1. The number of Topliss-reactive ketones (excluding diaryl/α,β-unsaturated/α-hetero) is 1. The van der Waals surface area contributed by atoms with Crippen LogP contribution in [0.5, 0.6) is 17.2 Å². The lowest BCUT2D eigenvalue weighted by Crippen LogP contribution is -2.52. The van der Waals surface area contributed by atoms with Gasteiger partial charge in [0.1, 0.15) is 34.7 Å². The fourth-order valence-corrected chi connectivity index (χ4v) is 9.24. The van der Waals surface area contributed by atoms with E-state index < -0.39 is 47.5 Å². The van der Waals surface area contributed by atoms with Gasteiger partial charge >= 0.3 is 11.9 Å². The minimum atomic E-state index is -1.66. The van der Waals surface area contributed by atoms with Gasteiger partial charge in [-0.2, -0.15) is 0 Å². The normalized spacial score (nSPS) is 29.4. The number of ether oxygens (including phenoxy) is 2. The van der Waals surface area contributed by atoms with Crippen molar-refractivity contribution in [3.8, 4) is 29.1 Å². The molecular weight excluding hydrogens is 688 g/mol. The van der Waals surface area contributed by atoms with Gasteiger partial charge in [0.05, 0.1) is 25.0 Å². The molecule has 10 nitrogen and oxygen atoms in total. The van der Waals surface area contributed by atoms with E-state index in [2.05, 4.69) is 17.9 Å². The monoisotopic (exact) mass is 732 g/mol. The number of fused-ring (bicyclic) bond motifs is 9. The second-order valence-electron chi connectivity index (χ2n) is 15.9. The average Bonchev–Trinajstić information content (AvgIpc) is 3.28. The Hall–Kier alpha value is -4.95. The van der Waals surface area contributed by atoms with Gasteiger partial charge in [-0.1, -0.05) is 36.1 Å². The first-order chi connectivity index (χ1) is 25.9. The number of phenols is 2. The molecule has 3 aromatic carbocycles. The molecule has 1 saturated carbocycles. The number of benzene rings is 3. The summed E-state index contributed by atoms with van der Waals surface area (Å²) in [6.07, 6.45) is 0.159. The highest BCUT2D eigenvalue weighted by molar-refractivity contribution is 5.90. The lowest BCUT2D eigenvalue weighted by molar-refractivity contribution is -0.170. The Balaban J connectivity index is 1.36. The fraction of sp³-hybridized carbons (Fsp3) is 0.432. The van der Waals surface area contributed by atoms with E-state index in [1.807, 2.05) is 12.1 Å². The second-order valence-corrected chi connectivity index (χ2v) is 15.9. The van der Waals surface area contributed by atoms with E-state index in [1.165, 1.54) is 18.2 Å². The molecule has 7 unspecified atom stereocenters. The number of rotatable bonds is 2. The number of carbonyl (C=O) groups is 3. The van der Waals surface area contributed by atoms with E-state index in [0.717, 1.165) is 16.7 Å². The molecule has 54 heavy (non-hydrogen) atoms. The van der Waals surface area contributed by atoms with Crippen molar-refractivity contribution >= 4 is 17.7 Å². The third-order valence-corrected chi connectivity index (χ3v) is 12.4. The van der Waals surface area contributed by atoms with E-state index >= 15 is 0 Å². The largest absolute Gasteiger partial charge is 0.508 e. The number of carbonyl (C=O) groups excluding carboxylic acids is 3. The van der Waals surface area contributed by atoms with Crippen LogP contribution in [0.1, 0.15) is 96.2 Å². The number of aliphatic hydroxyl groups is 3. The maximum atomic E-state index is 14.9. The van der Waals surface area contributed by atoms with E-state index in [0.29, 0.717) is 59.9 Å². The van der Waals surface area contributed by atoms with Crippen LogP contribution < -0.4 is 4.74 Å². The highest BCUT2D eigenvalue weighted by atomic mass is 16.6. The zero-order chi connectivity index (χ0) is 37.9. The van der Waals surface area contributed by atoms with Crippen LogP contribution in [0.3, 0.4) is 0 Å². The molecule has 5 aliphatic rings. The van der Waals surface area contributed by atoms with Gasteiger partial charge in [0, 0.05) is 48.3 Å². The van der Waals surface area contributed by atoms with Crippen LogP contribution in [0, 0.1) is 23.7 Å². The molecule has 0 saturated heterocycles. The van der Waals surface area contributed by atoms with Crippen molar-refractivity contribution < 1.29 is 49.4 Å². The topological polar surface area (TPSA) is 171 Å². The van der Waals surface area contributed by atoms with Crippen LogP contribution in [0.15, 0.2) is 59.7 Å². The predicted octanol–water partition coefficient (Wildman–Crippen LogP) is 4.77. The van der Waals surface area contributed by atoms with Gasteiger partial charge in [0.25, 0.3) is 0 Å². The molecule has 3 aliphatic heterocycles. The Morgan fingerprint density at radius 2 is 1.67 bits per heavy atom. The highest BCUT2D eigenvalue weighted by Gasteiger charge is 2.47. The molecule has 5 N–H and O–H groups in total. The standard InChI is InChI=1S/C44H44O10/c1-44(52)32-7-9-37(47)30(14-32)11-23-2-3-25-6-8-34(39(49)18-29(25)10-23)36-16-26(28-12-24(22-45)13-33(46)15-28)4-5-27-20-42(50)53-40-21-38(48)31(17-35(27)40)19-41(44)54-43(36)51/h2-3,10,12-13,15,17,21,26-27,30,32,39,41,45-46,48-49,52H,6-9,11,14,16,18-20,22H2,1H3. The SMILES string of the molecule is CC1(O)C2CCC(=O)C(Cc3ccc4c(c3)CC(O)C(=C3CC(c5cc(O)cc(CO)c5)C#CC5CC(=O)Oc6cc(O)c(cc65)CC1OC3=O)CC4)C2. The summed E-state index contributed by atoms with van der Waals surface area (Å²) in [6.45, 7) is 1.28. The van der Waals surface area contributed by atoms with Gasteiger partial charge in [0.15, 0.2) is 0 Å². The highest BCUT2D eigenvalue weighted by Crippen LogP contribution is 2.44. The zero-order valence-electron chi connectivity index (χ0n) is 30.1. The van der Waals surface area contributed by atoms with Gasteiger partial charge in [-0.15, -0.1) is 0 Å². The third-order valence-electron chi connectivity index (χ3n) is 12.4. The van der Waals surface area contributed by atoms with Crippen LogP contribution in [0.4, 0.5) is 0 Å². The number of hydrogen-bond acceptors (Lipinski definition) is 10. The van der Waals surface area contributed by atoms with Crippen LogP contribution in [-0.4, -0.2) is 61.1 Å². The molecule has 1 fully saturated rings. The first-order valence-electron chi connectivity index (χ1n) is 18.8. The Bertz CT molecular complexity index is 2150. The van der Waals surface area contributed by atoms with Gasteiger partial charge in [-0.25, -0.2) is 4.79 Å². The molecule has 3 heterocycles. The molecule has 10 heteroatoms. The minimum absolute atomic E-state index is 0.0458. The van der Waals surface area contributed by atoms with Crippen molar-refractivity contribution in [3.05, 3.63) is 98.6 Å². The minimum Gasteiger partial charge on any atom is -0.508 e. The summed E-state index contributed by atoms with van der Waals surface area (Å²) in [5, 5.41) is 56.6. The summed E-state index contributed by atoms with van der Waals surface area (Å²) in [6, 6.07) is 13.8. The summed E-state index contributed by atoms with van der Waals surface area (Å²) in [7, 11) is 0. The van der Waals surface area contributed by atoms with Gasteiger partial charge in [-0.3, -0.25) is 9.59 Å². The molecule has 0 aromatic heterocycles. The molecule has 0 radical (unpaired) electrons. The number of aryl methyl sites for hydroxylation is 1. The predicted molar refractivity (Wildman–Crippen MR) is 196 cm³/mol. The third kappa shape index (κ3) is 6.81. The molecule has 7 atom stereocenters. The first-order valence-corrected chi connectivity index (χ1v) is 18.8. The van der Waals surface area contributed by atoms with Crippen molar-refractivity contribution in [3.63, 3.8) is 0 Å². The maximum Gasteiger partial charge on any atom is 0.334 e. The van der Waals surface area contributed by atoms with Gasteiger partial charge in [0.2, 0.25) is 0 Å². The van der Waals surface area contributed by atoms with Crippen molar-refractivity contribution in [2.45, 2.75) is 107 Å². The van der Waals surface area contributed by atoms with E-state index in [-0.39, 0.29) is 73.2 Å². The Morgan fingerprint density at radius 1 is 0.852 bits per heavy atom. The van der Waals surface area contributed by atoms with Crippen LogP contribution >= 0.6 is 0 Å². The molecular formula is C44H44O10. The maximum absolute atomic E-state index is 14.9. The molecule has 2 aliphatic carbocycles. The summed E-state index contributed by atoms with van der Waals surface area (Å²) in [5.41, 5.74) is 3.85. The Labute approximate surface area is 313 Å². The molecule has 8 rings (SSSR count). The van der Waals surface area contributed by atoms with Gasteiger partial charge in [-0.05, 0) is 109 Å². The average molecular weight is 733 g/mol. The fourth-order valence-electron chi connectivity index (χ4n) is 9.24.